The maximum Gasteiger partial charge on any atom is 0.308 e. The number of hydrogen-bond acceptors (Lipinski definition) is 3. The van der Waals surface area contributed by atoms with Gasteiger partial charge >= 0.3 is 5.97 Å². The number of carboxylic acids is 1. The lowest BCUT2D eigenvalue weighted by Gasteiger charge is -2.28. The fourth-order valence-electron chi connectivity index (χ4n) is 3.83. The summed E-state index contributed by atoms with van der Waals surface area (Å²) in [6, 6.07) is 1.48. The molecule has 0 aromatic carbocycles. The first kappa shape index (κ1) is 14.1. The number of aromatic nitrogens is 2. The number of nitrogens with one attached hydrogen (secondary N) is 2. The molecule has 2 bridgehead atoms. The highest BCUT2D eigenvalue weighted by molar-refractivity contribution is 5.93. The average Bonchev–Trinajstić information content (AvgIpc) is 3.13. The van der Waals surface area contributed by atoms with Crippen LogP contribution in [-0.4, -0.2) is 33.2 Å². The zero-order valence-corrected chi connectivity index (χ0v) is 12.3. The monoisotopic (exact) mass is 291 g/mol. The molecule has 0 unspecified atom stereocenters. The van der Waals surface area contributed by atoms with Crippen molar-refractivity contribution in [3.63, 3.8) is 0 Å². The van der Waals surface area contributed by atoms with Crippen LogP contribution in [0.1, 0.15) is 55.2 Å². The molecule has 21 heavy (non-hydrogen) atoms. The molecular weight excluding hydrogens is 270 g/mol. The molecule has 0 saturated heterocycles. The third-order valence-electron chi connectivity index (χ3n) is 4.95. The number of amides is 1. The van der Waals surface area contributed by atoms with Crippen LogP contribution in [0.2, 0.25) is 0 Å². The number of carboxylic acid groups (broad SMARTS) is 1. The number of H-pyrrole nitrogens is 1. The SMILES string of the molecule is CC(C)c1cc(C(=O)N[C@@H]2[C@H]3CC[C@@H](C3)[C@H]2C(=O)O)n[nH]1. The second-order valence-corrected chi connectivity index (χ2v) is 6.56. The lowest BCUT2D eigenvalue weighted by Crippen LogP contribution is -2.46. The van der Waals surface area contributed by atoms with Gasteiger partial charge in [0, 0.05) is 11.7 Å². The molecular formula is C15H21N3O3. The molecule has 1 aromatic heterocycles. The maximum atomic E-state index is 12.3. The fourth-order valence-corrected chi connectivity index (χ4v) is 3.83. The van der Waals surface area contributed by atoms with E-state index in [1.165, 1.54) is 0 Å². The van der Waals surface area contributed by atoms with Crippen LogP contribution in [0.3, 0.4) is 0 Å². The van der Waals surface area contributed by atoms with Crippen LogP contribution in [0.25, 0.3) is 0 Å². The maximum absolute atomic E-state index is 12.3. The zero-order valence-electron chi connectivity index (χ0n) is 12.3. The third-order valence-corrected chi connectivity index (χ3v) is 4.95. The molecule has 0 spiro atoms. The van der Waals surface area contributed by atoms with E-state index in [0.717, 1.165) is 25.0 Å². The number of rotatable bonds is 4. The minimum atomic E-state index is -0.794. The van der Waals surface area contributed by atoms with Crippen molar-refractivity contribution < 1.29 is 14.7 Å². The lowest BCUT2D eigenvalue weighted by atomic mass is 9.84. The van der Waals surface area contributed by atoms with Gasteiger partial charge in [0.2, 0.25) is 0 Å². The van der Waals surface area contributed by atoms with Gasteiger partial charge in [0.1, 0.15) is 5.69 Å². The largest absolute Gasteiger partial charge is 0.481 e. The van der Waals surface area contributed by atoms with Gasteiger partial charge in [0.25, 0.3) is 5.91 Å². The first-order chi connectivity index (χ1) is 9.97. The van der Waals surface area contributed by atoms with Crippen LogP contribution in [-0.2, 0) is 4.79 Å². The van der Waals surface area contributed by atoms with Gasteiger partial charge in [-0.05, 0) is 43.1 Å². The van der Waals surface area contributed by atoms with E-state index in [9.17, 15) is 14.7 Å². The van der Waals surface area contributed by atoms with Gasteiger partial charge < -0.3 is 10.4 Å². The van der Waals surface area contributed by atoms with Crippen LogP contribution in [0, 0.1) is 17.8 Å². The van der Waals surface area contributed by atoms with Crippen molar-refractivity contribution in [1.29, 1.82) is 0 Å². The predicted octanol–water partition coefficient (Wildman–Crippen LogP) is 1.76. The summed E-state index contributed by atoms with van der Waals surface area (Å²) in [5.41, 5.74) is 1.24. The van der Waals surface area contributed by atoms with Gasteiger partial charge in [-0.25, -0.2) is 0 Å². The topological polar surface area (TPSA) is 95.1 Å². The van der Waals surface area contributed by atoms with Crippen LogP contribution < -0.4 is 5.32 Å². The van der Waals surface area contributed by atoms with Gasteiger partial charge in [0.05, 0.1) is 5.92 Å². The van der Waals surface area contributed by atoms with Crippen molar-refractivity contribution in [3.05, 3.63) is 17.5 Å². The number of carbonyl (C=O) groups is 2. The molecule has 0 radical (unpaired) electrons. The lowest BCUT2D eigenvalue weighted by molar-refractivity contribution is -0.144. The molecule has 1 amide bonds. The molecule has 0 aliphatic heterocycles. The molecule has 3 rings (SSSR count). The van der Waals surface area contributed by atoms with Gasteiger partial charge in [-0.2, -0.15) is 5.10 Å². The molecule has 114 valence electrons. The third kappa shape index (κ3) is 2.43. The molecule has 2 saturated carbocycles. The van der Waals surface area contributed by atoms with Crippen LogP contribution >= 0.6 is 0 Å². The zero-order chi connectivity index (χ0) is 15.1. The van der Waals surface area contributed by atoms with E-state index in [2.05, 4.69) is 15.5 Å². The van der Waals surface area contributed by atoms with E-state index in [4.69, 9.17) is 0 Å². The number of hydrogen-bond donors (Lipinski definition) is 3. The van der Waals surface area contributed by atoms with Crippen molar-refractivity contribution in [2.75, 3.05) is 0 Å². The van der Waals surface area contributed by atoms with E-state index in [-0.39, 0.29) is 23.8 Å². The van der Waals surface area contributed by atoms with E-state index >= 15 is 0 Å². The molecule has 6 nitrogen and oxygen atoms in total. The molecule has 2 fully saturated rings. The van der Waals surface area contributed by atoms with Crippen molar-refractivity contribution in [2.45, 2.75) is 45.1 Å². The summed E-state index contributed by atoms with van der Waals surface area (Å²) in [7, 11) is 0. The summed E-state index contributed by atoms with van der Waals surface area (Å²) in [5, 5.41) is 19.2. The summed E-state index contributed by atoms with van der Waals surface area (Å²) < 4.78 is 0. The highest BCUT2D eigenvalue weighted by Gasteiger charge is 2.51. The Hall–Kier alpha value is -1.85. The van der Waals surface area contributed by atoms with Crippen molar-refractivity contribution in [3.8, 4) is 0 Å². The number of aliphatic carboxylic acids is 1. The summed E-state index contributed by atoms with van der Waals surface area (Å²) in [6.45, 7) is 4.04. The Morgan fingerprint density at radius 2 is 2.10 bits per heavy atom. The Morgan fingerprint density at radius 3 is 2.71 bits per heavy atom. The van der Waals surface area contributed by atoms with Gasteiger partial charge in [-0.3, -0.25) is 14.7 Å². The highest BCUT2D eigenvalue weighted by Crippen LogP contribution is 2.48. The number of fused-ring (bicyclic) bond motifs is 2. The Morgan fingerprint density at radius 1 is 1.38 bits per heavy atom. The summed E-state index contributed by atoms with van der Waals surface area (Å²) in [6.07, 6.45) is 2.89. The number of aromatic amines is 1. The Bertz CT molecular complexity index is 566. The molecule has 4 atom stereocenters. The quantitative estimate of drug-likeness (QED) is 0.787. The van der Waals surface area contributed by atoms with Crippen LogP contribution in [0.4, 0.5) is 0 Å². The van der Waals surface area contributed by atoms with Crippen molar-refractivity contribution in [1.82, 2.24) is 15.5 Å². The van der Waals surface area contributed by atoms with Gasteiger partial charge in [-0.15, -0.1) is 0 Å². The smallest absolute Gasteiger partial charge is 0.308 e. The minimum absolute atomic E-state index is 0.211. The summed E-state index contributed by atoms with van der Waals surface area (Å²) >= 11 is 0. The molecule has 1 heterocycles. The fraction of sp³-hybridized carbons (Fsp3) is 0.667. The highest BCUT2D eigenvalue weighted by atomic mass is 16.4. The second-order valence-electron chi connectivity index (χ2n) is 6.56. The standard InChI is InChI=1S/C15H21N3O3/c1-7(2)10-6-11(18-17-10)14(19)16-13-9-4-3-8(5-9)12(13)15(20)21/h6-9,12-13H,3-5H2,1-2H3,(H,16,19)(H,17,18)(H,20,21)/t8-,9-,12+,13+/m0/s1. The Balaban J connectivity index is 1.73. The van der Waals surface area contributed by atoms with E-state index < -0.39 is 11.9 Å². The van der Waals surface area contributed by atoms with Gasteiger partial charge in [0.15, 0.2) is 0 Å². The molecule has 2 aliphatic rings. The first-order valence-electron chi connectivity index (χ1n) is 7.56. The summed E-state index contributed by atoms with van der Waals surface area (Å²) in [5.74, 6) is -0.740. The molecule has 3 N–H and O–H groups in total. The number of nitrogens with zero attached hydrogens (tertiary/aromatic N) is 1. The van der Waals surface area contributed by atoms with E-state index in [1.54, 1.807) is 6.07 Å². The average molecular weight is 291 g/mol. The second kappa shape index (κ2) is 5.16. The summed E-state index contributed by atoms with van der Waals surface area (Å²) in [4.78, 5) is 23.7. The number of carbonyl (C=O) groups excluding carboxylic acids is 1. The Kier molecular flexibility index (Phi) is 3.47. The molecule has 6 heteroatoms. The normalized spacial score (nSPS) is 30.8. The van der Waals surface area contributed by atoms with Crippen molar-refractivity contribution >= 4 is 11.9 Å². The van der Waals surface area contributed by atoms with Gasteiger partial charge in [-0.1, -0.05) is 13.8 Å². The van der Waals surface area contributed by atoms with E-state index in [1.807, 2.05) is 13.8 Å². The minimum Gasteiger partial charge on any atom is -0.481 e. The van der Waals surface area contributed by atoms with Crippen LogP contribution in [0.5, 0.6) is 0 Å². The van der Waals surface area contributed by atoms with Crippen LogP contribution in [0.15, 0.2) is 6.07 Å². The van der Waals surface area contributed by atoms with Crippen molar-refractivity contribution in [2.24, 2.45) is 17.8 Å². The van der Waals surface area contributed by atoms with E-state index in [0.29, 0.717) is 11.6 Å². The molecule has 2 aliphatic carbocycles. The Labute approximate surface area is 123 Å². The predicted molar refractivity (Wildman–Crippen MR) is 75.9 cm³/mol. The molecule has 1 aromatic rings. The first-order valence-corrected chi connectivity index (χ1v) is 7.56.